The molecule has 0 fully saturated rings. The molecule has 0 unspecified atom stereocenters. The Balaban J connectivity index is 3.27. The molecular weight excluding hydrogens is 274 g/mol. The lowest BCUT2D eigenvalue weighted by atomic mass is 10.4. The van der Waals surface area contributed by atoms with Gasteiger partial charge in [0.25, 0.3) is 0 Å². The third-order valence-corrected chi connectivity index (χ3v) is 3.73. The third kappa shape index (κ3) is 3.24. The molecule has 19 heavy (non-hydrogen) atoms. The van der Waals surface area contributed by atoms with Crippen molar-refractivity contribution in [2.75, 3.05) is 27.3 Å². The minimum atomic E-state index is -3.85. The highest BCUT2D eigenvalue weighted by molar-refractivity contribution is 7.87. The average molecular weight is 291 g/mol. The summed E-state index contributed by atoms with van der Waals surface area (Å²) in [5.41, 5.74) is -0.115. The summed E-state index contributed by atoms with van der Waals surface area (Å²) >= 11 is 0. The largest absolute Gasteiger partial charge is 0.477 e. The number of hydrogen-bond acceptors (Lipinski definition) is 6. The van der Waals surface area contributed by atoms with Gasteiger partial charge in [-0.25, -0.2) is 4.79 Å². The van der Waals surface area contributed by atoms with Crippen molar-refractivity contribution in [3.8, 4) is 5.88 Å². The normalized spacial score (nSPS) is 11.6. The van der Waals surface area contributed by atoms with Gasteiger partial charge in [0.15, 0.2) is 5.69 Å². The quantitative estimate of drug-likeness (QED) is 0.691. The molecule has 108 valence electrons. The maximum Gasteiger partial charge on any atom is 0.359 e. The first kappa shape index (κ1) is 15.4. The molecule has 0 amide bonds. The van der Waals surface area contributed by atoms with Gasteiger partial charge < -0.3 is 9.47 Å². The standard InChI is InChI=1S/C10H17N3O5S/c1-5-17-9-7-8(10(14)18-6-2)11-13(9)19(15,16)12(3)4/h7H,5-6H2,1-4H3. The fraction of sp³-hybridized carbons (Fsp3) is 0.600. The fourth-order valence-electron chi connectivity index (χ4n) is 1.22. The number of carbonyl (C=O) groups is 1. The smallest absolute Gasteiger partial charge is 0.359 e. The van der Waals surface area contributed by atoms with E-state index in [0.717, 1.165) is 4.31 Å². The number of esters is 1. The van der Waals surface area contributed by atoms with Crippen molar-refractivity contribution in [1.29, 1.82) is 0 Å². The van der Waals surface area contributed by atoms with Gasteiger partial charge in [-0.3, -0.25) is 0 Å². The number of carbonyl (C=O) groups excluding carboxylic acids is 1. The Morgan fingerprint density at radius 3 is 2.47 bits per heavy atom. The second kappa shape index (κ2) is 6.02. The van der Waals surface area contributed by atoms with Crippen molar-refractivity contribution in [3.63, 3.8) is 0 Å². The maximum absolute atomic E-state index is 12.0. The predicted molar refractivity (Wildman–Crippen MR) is 67.4 cm³/mol. The van der Waals surface area contributed by atoms with E-state index in [1.165, 1.54) is 20.2 Å². The van der Waals surface area contributed by atoms with E-state index in [-0.39, 0.29) is 24.8 Å². The molecule has 0 aliphatic heterocycles. The lowest BCUT2D eigenvalue weighted by Gasteiger charge is -2.13. The number of ether oxygens (including phenoxy) is 2. The summed E-state index contributed by atoms with van der Waals surface area (Å²) in [5, 5.41) is 3.73. The lowest BCUT2D eigenvalue weighted by molar-refractivity contribution is 0.0519. The molecule has 0 bridgehead atoms. The molecule has 0 saturated carbocycles. The molecule has 0 aliphatic rings. The van der Waals surface area contributed by atoms with E-state index in [4.69, 9.17) is 9.47 Å². The van der Waals surface area contributed by atoms with Gasteiger partial charge in [-0.2, -0.15) is 12.7 Å². The highest BCUT2D eigenvalue weighted by Gasteiger charge is 2.26. The molecule has 1 heterocycles. The Morgan fingerprint density at radius 1 is 1.37 bits per heavy atom. The van der Waals surface area contributed by atoms with Gasteiger partial charge in [-0.05, 0) is 13.8 Å². The van der Waals surface area contributed by atoms with Crippen LogP contribution in [0.1, 0.15) is 24.3 Å². The summed E-state index contributed by atoms with van der Waals surface area (Å²) in [6.45, 7) is 3.77. The second-order valence-corrected chi connectivity index (χ2v) is 5.63. The van der Waals surface area contributed by atoms with E-state index in [0.29, 0.717) is 4.09 Å². The number of hydrogen-bond donors (Lipinski definition) is 0. The van der Waals surface area contributed by atoms with Crippen LogP contribution in [0.25, 0.3) is 0 Å². The third-order valence-electron chi connectivity index (χ3n) is 2.10. The van der Waals surface area contributed by atoms with Crippen LogP contribution in [-0.4, -0.2) is 55.2 Å². The van der Waals surface area contributed by atoms with Crippen LogP contribution in [0.2, 0.25) is 0 Å². The van der Waals surface area contributed by atoms with Crippen LogP contribution in [0, 0.1) is 0 Å². The van der Waals surface area contributed by atoms with E-state index < -0.39 is 16.2 Å². The van der Waals surface area contributed by atoms with Gasteiger partial charge in [0.2, 0.25) is 5.88 Å². The predicted octanol–water partition coefficient (Wildman–Crippen LogP) is 0.113. The number of nitrogens with zero attached hydrogens (tertiary/aromatic N) is 3. The topological polar surface area (TPSA) is 90.7 Å². The van der Waals surface area contributed by atoms with Crippen LogP contribution in [0.3, 0.4) is 0 Å². The highest BCUT2D eigenvalue weighted by Crippen LogP contribution is 2.18. The summed E-state index contributed by atoms with van der Waals surface area (Å²) < 4.78 is 35.6. The van der Waals surface area contributed by atoms with E-state index in [1.54, 1.807) is 13.8 Å². The highest BCUT2D eigenvalue weighted by atomic mass is 32.2. The summed E-state index contributed by atoms with van der Waals surface area (Å²) in [6.07, 6.45) is 0. The van der Waals surface area contributed by atoms with Crippen LogP contribution in [-0.2, 0) is 14.9 Å². The Labute approximate surface area is 112 Å². The Hall–Kier alpha value is -1.61. The maximum atomic E-state index is 12.0. The van der Waals surface area contributed by atoms with Gasteiger partial charge in [-0.15, -0.1) is 9.19 Å². The molecule has 1 aromatic heterocycles. The van der Waals surface area contributed by atoms with Crippen LogP contribution in [0.5, 0.6) is 5.88 Å². The van der Waals surface area contributed by atoms with E-state index in [9.17, 15) is 13.2 Å². The van der Waals surface area contributed by atoms with Crippen LogP contribution in [0.15, 0.2) is 6.07 Å². The van der Waals surface area contributed by atoms with Crippen LogP contribution < -0.4 is 4.74 Å². The Morgan fingerprint density at radius 2 is 2.00 bits per heavy atom. The van der Waals surface area contributed by atoms with Crippen LogP contribution in [0.4, 0.5) is 0 Å². The number of rotatable bonds is 6. The minimum absolute atomic E-state index is 0.0285. The molecule has 0 aliphatic carbocycles. The molecule has 1 aromatic rings. The molecule has 9 heteroatoms. The summed E-state index contributed by atoms with van der Waals surface area (Å²) in [6, 6.07) is 1.24. The van der Waals surface area contributed by atoms with Crippen molar-refractivity contribution < 1.29 is 22.7 Å². The average Bonchev–Trinajstić information content (AvgIpc) is 2.74. The Kier molecular flexibility index (Phi) is 4.90. The van der Waals surface area contributed by atoms with Crippen molar-refractivity contribution in [1.82, 2.24) is 13.5 Å². The van der Waals surface area contributed by atoms with Gasteiger partial charge in [0.05, 0.1) is 13.2 Å². The molecule has 0 spiro atoms. The molecule has 0 atom stereocenters. The van der Waals surface area contributed by atoms with Gasteiger partial charge in [0, 0.05) is 20.2 Å². The fourth-order valence-corrected chi connectivity index (χ4v) is 2.05. The second-order valence-electron chi connectivity index (χ2n) is 3.65. The summed E-state index contributed by atoms with van der Waals surface area (Å²) in [5.74, 6) is -0.726. The number of aromatic nitrogens is 2. The van der Waals surface area contributed by atoms with E-state index in [2.05, 4.69) is 5.10 Å². The zero-order valence-electron chi connectivity index (χ0n) is 11.3. The van der Waals surface area contributed by atoms with Crippen molar-refractivity contribution in [2.45, 2.75) is 13.8 Å². The van der Waals surface area contributed by atoms with Crippen molar-refractivity contribution in [2.24, 2.45) is 0 Å². The SMILES string of the molecule is CCOC(=O)c1cc(OCC)n(S(=O)(=O)N(C)C)n1. The molecule has 0 saturated heterocycles. The monoisotopic (exact) mass is 291 g/mol. The van der Waals surface area contributed by atoms with Gasteiger partial charge >= 0.3 is 16.2 Å². The zero-order chi connectivity index (χ0) is 14.6. The van der Waals surface area contributed by atoms with Crippen molar-refractivity contribution >= 4 is 16.2 Å². The molecule has 0 aromatic carbocycles. The molecular formula is C10H17N3O5S. The van der Waals surface area contributed by atoms with Gasteiger partial charge in [0.1, 0.15) is 0 Å². The molecule has 0 radical (unpaired) electrons. The van der Waals surface area contributed by atoms with Crippen molar-refractivity contribution in [3.05, 3.63) is 11.8 Å². The zero-order valence-corrected chi connectivity index (χ0v) is 12.1. The molecule has 0 N–H and O–H groups in total. The first-order chi connectivity index (χ1) is 8.84. The van der Waals surface area contributed by atoms with Crippen LogP contribution >= 0.6 is 0 Å². The van der Waals surface area contributed by atoms with E-state index in [1.807, 2.05) is 0 Å². The molecule has 8 nitrogen and oxygen atoms in total. The minimum Gasteiger partial charge on any atom is -0.477 e. The lowest BCUT2D eigenvalue weighted by Crippen LogP contribution is -2.30. The summed E-state index contributed by atoms with van der Waals surface area (Å²) in [7, 11) is -1.14. The molecule has 1 rings (SSSR count). The first-order valence-corrected chi connectivity index (χ1v) is 7.07. The Bertz CT molecular complexity index is 550. The first-order valence-electron chi connectivity index (χ1n) is 5.67. The summed E-state index contributed by atoms with van der Waals surface area (Å²) in [4.78, 5) is 11.5. The van der Waals surface area contributed by atoms with E-state index >= 15 is 0 Å². The van der Waals surface area contributed by atoms with Gasteiger partial charge in [-0.1, -0.05) is 0 Å².